The molecular weight excluding hydrogens is 270 g/mol. The van der Waals surface area contributed by atoms with Gasteiger partial charge in [-0.05, 0) is 26.0 Å². The van der Waals surface area contributed by atoms with Gasteiger partial charge in [0.25, 0.3) is 5.69 Å². The van der Waals surface area contributed by atoms with E-state index in [1.165, 1.54) is 12.1 Å². The third-order valence-electron chi connectivity index (χ3n) is 3.07. The molecule has 0 radical (unpaired) electrons. The predicted molar refractivity (Wildman–Crippen MR) is 69.4 cm³/mol. The van der Waals surface area contributed by atoms with Crippen molar-refractivity contribution in [3.63, 3.8) is 0 Å². The van der Waals surface area contributed by atoms with Crippen LogP contribution in [0.5, 0.6) is 0 Å². The van der Waals surface area contributed by atoms with Gasteiger partial charge in [0, 0.05) is 24.2 Å². The molecule has 1 atom stereocenters. The number of benzene rings is 1. The molecular formula is C11H15N3O4S. The zero-order chi connectivity index (χ0) is 14.0. The van der Waals surface area contributed by atoms with Crippen molar-refractivity contribution in [3.05, 3.63) is 33.9 Å². The molecule has 1 aliphatic heterocycles. The molecule has 0 amide bonds. The fraction of sp³-hybridized carbons (Fsp3) is 0.455. The largest absolute Gasteiger partial charge is 0.315 e. The van der Waals surface area contributed by atoms with E-state index in [9.17, 15) is 18.5 Å². The minimum atomic E-state index is -3.71. The Morgan fingerprint density at radius 2 is 2.21 bits per heavy atom. The van der Waals surface area contributed by atoms with E-state index >= 15 is 0 Å². The minimum Gasteiger partial charge on any atom is -0.315 e. The number of nitrogens with zero attached hydrogens (tertiary/aromatic N) is 1. The van der Waals surface area contributed by atoms with E-state index in [4.69, 9.17) is 0 Å². The van der Waals surface area contributed by atoms with Gasteiger partial charge in [0.05, 0.1) is 9.82 Å². The van der Waals surface area contributed by atoms with Crippen LogP contribution in [0, 0.1) is 17.0 Å². The Morgan fingerprint density at radius 3 is 2.79 bits per heavy atom. The van der Waals surface area contributed by atoms with E-state index in [0.717, 1.165) is 12.6 Å². The maximum absolute atomic E-state index is 12.1. The fourth-order valence-electron chi connectivity index (χ4n) is 2.00. The van der Waals surface area contributed by atoms with Gasteiger partial charge in [-0.25, -0.2) is 13.1 Å². The maximum atomic E-state index is 12.1. The lowest BCUT2D eigenvalue weighted by atomic mass is 10.2. The van der Waals surface area contributed by atoms with Gasteiger partial charge in [0.2, 0.25) is 10.0 Å². The van der Waals surface area contributed by atoms with Crippen molar-refractivity contribution in [3.8, 4) is 0 Å². The van der Waals surface area contributed by atoms with Crippen molar-refractivity contribution in [2.24, 2.45) is 0 Å². The normalized spacial score (nSPS) is 19.5. The van der Waals surface area contributed by atoms with Crippen molar-refractivity contribution in [1.29, 1.82) is 0 Å². The van der Waals surface area contributed by atoms with Gasteiger partial charge in [0.15, 0.2) is 0 Å². The van der Waals surface area contributed by atoms with Gasteiger partial charge < -0.3 is 5.32 Å². The second-order valence-corrected chi connectivity index (χ2v) is 6.23. The monoisotopic (exact) mass is 285 g/mol. The molecule has 0 aromatic heterocycles. The lowest BCUT2D eigenvalue weighted by molar-refractivity contribution is -0.385. The molecule has 0 spiro atoms. The summed E-state index contributed by atoms with van der Waals surface area (Å²) in [6.07, 6.45) is 0.715. The summed E-state index contributed by atoms with van der Waals surface area (Å²) in [5.41, 5.74) is 0.249. The van der Waals surface area contributed by atoms with Crippen LogP contribution in [0.3, 0.4) is 0 Å². The van der Waals surface area contributed by atoms with E-state index in [0.29, 0.717) is 18.5 Å². The number of rotatable bonds is 4. The van der Waals surface area contributed by atoms with Gasteiger partial charge >= 0.3 is 0 Å². The van der Waals surface area contributed by atoms with Crippen LogP contribution in [0.15, 0.2) is 23.1 Å². The molecule has 0 aliphatic carbocycles. The molecule has 1 heterocycles. The van der Waals surface area contributed by atoms with Gasteiger partial charge in [0.1, 0.15) is 0 Å². The molecule has 7 nitrogen and oxygen atoms in total. The highest BCUT2D eigenvalue weighted by molar-refractivity contribution is 7.89. The van der Waals surface area contributed by atoms with E-state index in [1.54, 1.807) is 6.92 Å². The average Bonchev–Trinajstić information content (AvgIpc) is 2.80. The van der Waals surface area contributed by atoms with Gasteiger partial charge in [-0.15, -0.1) is 0 Å². The van der Waals surface area contributed by atoms with Crippen molar-refractivity contribution in [2.75, 3.05) is 13.1 Å². The van der Waals surface area contributed by atoms with E-state index in [-0.39, 0.29) is 16.6 Å². The topological polar surface area (TPSA) is 101 Å². The molecule has 19 heavy (non-hydrogen) atoms. The first-order chi connectivity index (χ1) is 8.90. The second kappa shape index (κ2) is 5.24. The Kier molecular flexibility index (Phi) is 3.83. The molecule has 0 unspecified atom stereocenters. The minimum absolute atomic E-state index is 0.0725. The molecule has 1 saturated heterocycles. The summed E-state index contributed by atoms with van der Waals surface area (Å²) >= 11 is 0. The number of sulfonamides is 1. The molecule has 8 heteroatoms. The number of nitro benzene ring substituents is 1. The van der Waals surface area contributed by atoms with E-state index in [1.807, 2.05) is 0 Å². The van der Waals surface area contributed by atoms with Crippen LogP contribution < -0.4 is 10.0 Å². The fourth-order valence-corrected chi connectivity index (χ4v) is 3.29. The molecule has 1 aromatic rings. The predicted octanol–water partition coefficient (Wildman–Crippen LogP) is 0.543. The third-order valence-corrected chi connectivity index (χ3v) is 4.59. The lowest BCUT2D eigenvalue weighted by Gasteiger charge is -2.12. The van der Waals surface area contributed by atoms with E-state index < -0.39 is 14.9 Å². The zero-order valence-electron chi connectivity index (χ0n) is 10.4. The summed E-state index contributed by atoms with van der Waals surface area (Å²) < 4.78 is 26.8. The van der Waals surface area contributed by atoms with Crippen LogP contribution in [-0.2, 0) is 10.0 Å². The smallest absolute Gasteiger partial charge is 0.273 e. The third kappa shape index (κ3) is 3.09. The quantitative estimate of drug-likeness (QED) is 0.621. The number of nitro groups is 1. The van der Waals surface area contributed by atoms with Crippen LogP contribution in [0.1, 0.15) is 12.0 Å². The molecule has 104 valence electrons. The maximum Gasteiger partial charge on any atom is 0.273 e. The second-order valence-electron chi connectivity index (χ2n) is 4.52. The standard InChI is InChI=1S/C11H15N3O4S/c1-8-2-3-10(6-11(8)14(15)16)19(17,18)13-9-4-5-12-7-9/h2-3,6,9,12-13H,4-5,7H2,1H3/t9-/m1/s1. The Balaban J connectivity index is 2.29. The van der Waals surface area contributed by atoms with Crippen LogP contribution in [0.4, 0.5) is 5.69 Å². The molecule has 1 aromatic carbocycles. The molecule has 0 saturated carbocycles. The molecule has 2 rings (SSSR count). The number of hydrogen-bond acceptors (Lipinski definition) is 5. The molecule has 1 fully saturated rings. The highest BCUT2D eigenvalue weighted by Crippen LogP contribution is 2.22. The Hall–Kier alpha value is -1.51. The summed E-state index contributed by atoms with van der Waals surface area (Å²) in [6.45, 7) is 2.91. The van der Waals surface area contributed by atoms with Crippen LogP contribution in [-0.4, -0.2) is 32.5 Å². The SMILES string of the molecule is Cc1ccc(S(=O)(=O)N[C@@H]2CCNC2)cc1[N+](=O)[O-]. The number of aryl methyl sites for hydroxylation is 1. The molecule has 1 aliphatic rings. The summed E-state index contributed by atoms with van der Waals surface area (Å²) in [7, 11) is -3.71. The van der Waals surface area contributed by atoms with Gasteiger partial charge in [-0.1, -0.05) is 6.07 Å². The summed E-state index contributed by atoms with van der Waals surface area (Å²) in [5.74, 6) is 0. The first-order valence-electron chi connectivity index (χ1n) is 5.88. The summed E-state index contributed by atoms with van der Waals surface area (Å²) in [4.78, 5) is 10.2. The van der Waals surface area contributed by atoms with E-state index in [2.05, 4.69) is 10.0 Å². The van der Waals surface area contributed by atoms with Crippen molar-refractivity contribution >= 4 is 15.7 Å². The molecule has 2 N–H and O–H groups in total. The van der Waals surface area contributed by atoms with Crippen molar-refractivity contribution < 1.29 is 13.3 Å². The number of nitrogens with one attached hydrogen (secondary N) is 2. The summed E-state index contributed by atoms with van der Waals surface area (Å²) in [6, 6.07) is 3.76. The van der Waals surface area contributed by atoms with Crippen molar-refractivity contribution in [2.45, 2.75) is 24.3 Å². The molecule has 0 bridgehead atoms. The van der Waals surface area contributed by atoms with Gasteiger partial charge in [-0.3, -0.25) is 10.1 Å². The number of hydrogen-bond donors (Lipinski definition) is 2. The highest BCUT2D eigenvalue weighted by Gasteiger charge is 2.24. The Bertz CT molecular complexity index is 594. The van der Waals surface area contributed by atoms with Crippen LogP contribution in [0.25, 0.3) is 0 Å². The Morgan fingerprint density at radius 1 is 1.47 bits per heavy atom. The summed E-state index contributed by atoms with van der Waals surface area (Å²) in [5, 5.41) is 13.9. The highest BCUT2D eigenvalue weighted by atomic mass is 32.2. The first-order valence-corrected chi connectivity index (χ1v) is 7.36. The van der Waals surface area contributed by atoms with Gasteiger partial charge in [-0.2, -0.15) is 0 Å². The van der Waals surface area contributed by atoms with Crippen molar-refractivity contribution in [1.82, 2.24) is 10.0 Å². The Labute approximate surface area is 111 Å². The zero-order valence-corrected chi connectivity index (χ0v) is 11.2. The first kappa shape index (κ1) is 13.9. The van der Waals surface area contributed by atoms with Crippen LogP contribution in [0.2, 0.25) is 0 Å². The average molecular weight is 285 g/mol. The van der Waals surface area contributed by atoms with Crippen LogP contribution >= 0.6 is 0 Å². The lowest BCUT2D eigenvalue weighted by Crippen LogP contribution is -2.36.